The molecule has 0 aliphatic carbocycles. The van der Waals surface area contributed by atoms with Gasteiger partial charge in [-0.3, -0.25) is 0 Å². The Balaban J connectivity index is 0.000000377. The maximum absolute atomic E-state index is 13.1. The molecule has 0 amide bonds. The minimum absolute atomic E-state index is 0.108. The Morgan fingerprint density at radius 3 is 0.887 bits per heavy atom. The number of hydrogen-bond donors (Lipinski definition) is 0. The summed E-state index contributed by atoms with van der Waals surface area (Å²) >= 11 is 0. The molecule has 3 aromatic carbocycles. The molecule has 300 valence electrons. The van der Waals surface area contributed by atoms with Crippen LogP contribution < -0.4 is 0 Å². The van der Waals surface area contributed by atoms with Crippen LogP contribution in [0.4, 0.5) is 79.2 Å². The molecule has 0 heterocycles. The largest absolute Gasteiger partial charge is 0.460 e. The van der Waals surface area contributed by atoms with Crippen molar-refractivity contribution in [2.45, 2.75) is 87.2 Å². The van der Waals surface area contributed by atoms with Crippen LogP contribution in [0.3, 0.4) is 0 Å². The normalized spacial score (nSPS) is 15.0. The van der Waals surface area contributed by atoms with Crippen molar-refractivity contribution in [2.24, 2.45) is 0 Å². The van der Waals surface area contributed by atoms with Crippen LogP contribution in [0.1, 0.15) is 20.8 Å². The van der Waals surface area contributed by atoms with Gasteiger partial charge in [-0.15, -0.1) is 0 Å². The van der Waals surface area contributed by atoms with Crippen molar-refractivity contribution >= 4 is 20.1 Å². The summed E-state index contributed by atoms with van der Waals surface area (Å²) in [4.78, 5) is 4.26. The van der Waals surface area contributed by atoms with Crippen LogP contribution >= 0.6 is 10.0 Å². The maximum Gasteiger partial charge on any atom is 0.460 e. The molecular weight excluding hydrogens is 814 g/mol. The molecule has 0 fully saturated rings. The number of benzene rings is 3. The summed E-state index contributed by atoms with van der Waals surface area (Å²) in [5, 5.41) is -7.99. The molecule has 0 bridgehead atoms. The van der Waals surface area contributed by atoms with E-state index in [1.54, 1.807) is 0 Å². The lowest BCUT2D eigenvalue weighted by molar-refractivity contribution is -0.458. The first-order valence-corrected chi connectivity index (χ1v) is 16.9. The van der Waals surface area contributed by atoms with Gasteiger partial charge in [0.1, 0.15) is 0 Å². The third-order valence-electron chi connectivity index (χ3n) is 7.30. The number of rotatable bonds is 11. The summed E-state index contributed by atoms with van der Waals surface area (Å²) in [6.07, 6.45) is -7.91. The maximum atomic E-state index is 13.1. The molecule has 0 saturated heterocycles. The number of halogens is 18. The van der Waals surface area contributed by atoms with Gasteiger partial charge in [0.2, 0.25) is 0 Å². The summed E-state index contributed by atoms with van der Waals surface area (Å²) in [6, 6.07) is 33.0. The molecule has 0 radical (unpaired) electrons. The van der Waals surface area contributed by atoms with E-state index in [9.17, 15) is 87.6 Å². The Morgan fingerprint density at radius 1 is 0.415 bits per heavy atom. The summed E-state index contributed by atoms with van der Waals surface area (Å²) in [7, 11) is -9.40. The first kappa shape index (κ1) is 45.8. The lowest BCUT2D eigenvalue weighted by Crippen LogP contribution is -2.75. The minimum Gasteiger partial charge on any atom is -0.192 e. The molecular formula is C30H24F18O3S2. The van der Waals surface area contributed by atoms with Crippen molar-refractivity contribution in [2.75, 3.05) is 0 Å². The first-order valence-electron chi connectivity index (χ1n) is 13.9. The predicted octanol–water partition coefficient (Wildman–Crippen LogP) is 12.0. The predicted molar refractivity (Wildman–Crippen MR) is 153 cm³/mol. The van der Waals surface area contributed by atoms with Crippen LogP contribution in [0.2, 0.25) is 0 Å². The van der Waals surface area contributed by atoms with E-state index in [2.05, 4.69) is 112 Å². The van der Waals surface area contributed by atoms with Crippen molar-refractivity contribution in [3.63, 3.8) is 0 Å². The molecule has 0 unspecified atom stereocenters. The van der Waals surface area contributed by atoms with Gasteiger partial charge in [-0.05, 0) is 55.6 Å². The van der Waals surface area contributed by atoms with E-state index in [4.69, 9.17) is 0 Å². The van der Waals surface area contributed by atoms with Crippen LogP contribution in [0.5, 0.6) is 0 Å². The van der Waals surface area contributed by atoms with Crippen LogP contribution in [0.25, 0.3) is 0 Å². The van der Waals surface area contributed by atoms with Crippen LogP contribution in [0.15, 0.2) is 106 Å². The minimum atomic E-state index is -8.96. The zero-order chi connectivity index (χ0) is 41.5. The fraction of sp³-hybridized carbons (Fsp3) is 0.400. The topological polar surface area (TPSA) is 43.4 Å². The van der Waals surface area contributed by atoms with E-state index in [0.717, 1.165) is 4.39 Å². The average molecular weight is 839 g/mol. The van der Waals surface area contributed by atoms with Gasteiger partial charge in [-0.25, -0.2) is 0 Å². The molecule has 0 aliphatic heterocycles. The molecule has 0 N–H and O–H groups in total. The Morgan fingerprint density at radius 2 is 0.660 bits per heavy atom. The Kier molecular flexibility index (Phi) is 12.4. The van der Waals surface area contributed by atoms with Crippen molar-refractivity contribution in [1.82, 2.24) is 0 Å². The molecule has 53 heavy (non-hydrogen) atoms. The highest BCUT2D eigenvalue weighted by molar-refractivity contribution is 8.34. The molecule has 0 aliphatic rings. The summed E-state index contributed by atoms with van der Waals surface area (Å²) in [5.74, 6) is -52.4. The molecule has 0 spiro atoms. The van der Waals surface area contributed by atoms with Crippen LogP contribution in [-0.4, -0.2) is 60.1 Å². The van der Waals surface area contributed by atoms with E-state index < -0.39 is 67.1 Å². The summed E-state index contributed by atoms with van der Waals surface area (Å²) in [6.45, 7) is 7.11. The van der Waals surface area contributed by atoms with Gasteiger partial charge < -0.3 is 0 Å². The molecule has 3 rings (SSSR count). The van der Waals surface area contributed by atoms with Gasteiger partial charge in [-0.1, -0.05) is 79.8 Å². The average Bonchev–Trinajstić information content (AvgIpc) is 3.05. The first-order chi connectivity index (χ1) is 23.6. The zero-order valence-corrected chi connectivity index (χ0v) is 28.1. The fourth-order valence-corrected chi connectivity index (χ4v) is 9.84. The molecule has 0 aromatic heterocycles. The van der Waals surface area contributed by atoms with Gasteiger partial charge in [0.15, 0.2) is 0 Å². The quantitative estimate of drug-likeness (QED) is 0.181. The Hall–Kier alpha value is -3.34. The lowest BCUT2D eigenvalue weighted by atomic mass is 9.91. The molecule has 3 nitrogen and oxygen atoms in total. The third kappa shape index (κ3) is 7.04. The van der Waals surface area contributed by atoms with Gasteiger partial charge >= 0.3 is 57.1 Å². The molecule has 0 atom stereocenters. The van der Waals surface area contributed by atoms with E-state index in [0.29, 0.717) is 0 Å². The number of hydrogen-bond acceptors (Lipinski definition) is 3. The zero-order valence-electron chi connectivity index (χ0n) is 26.5. The van der Waals surface area contributed by atoms with E-state index in [-0.39, 0.29) is 4.75 Å². The van der Waals surface area contributed by atoms with Crippen LogP contribution in [0, 0.1) is 0 Å². The summed E-state index contributed by atoms with van der Waals surface area (Å²) < 4.78 is 249. The molecule has 23 heteroatoms. The van der Waals surface area contributed by atoms with E-state index in [1.807, 2.05) is 0 Å². The van der Waals surface area contributed by atoms with E-state index >= 15 is 0 Å². The second kappa shape index (κ2) is 14.4. The standard InChI is InChI=1S/C22H24S.C8F18O3S/c1-22(2,3)23(19-13-7-4-8-14-19,20-15-9-5-10-16-20)21-17-11-6-12-18-21;9-1(10,3(13,14)5(17,18)7(21,22)23)2(11,12)4(15,16)6(19,20)8(24,25)30(27,28)29-26/h4-18H,1-3H3;. The van der Waals surface area contributed by atoms with Gasteiger partial charge in [-0.2, -0.15) is 93.1 Å². The lowest BCUT2D eigenvalue weighted by Gasteiger charge is -2.51. The molecule has 0 saturated carbocycles. The van der Waals surface area contributed by atoms with Crippen molar-refractivity contribution in [3.8, 4) is 0 Å². The van der Waals surface area contributed by atoms with Gasteiger partial charge in [0.05, 0.1) is 0 Å². The van der Waals surface area contributed by atoms with Crippen LogP contribution in [-0.2, 0) is 14.5 Å². The summed E-state index contributed by atoms with van der Waals surface area (Å²) in [5.41, 5.74) is 0. The van der Waals surface area contributed by atoms with Gasteiger partial charge in [0, 0.05) is 4.75 Å². The highest BCUT2D eigenvalue weighted by Gasteiger charge is 2.96. The monoisotopic (exact) mass is 838 g/mol. The second-order valence-electron chi connectivity index (χ2n) is 11.6. The second-order valence-corrected chi connectivity index (χ2v) is 17.1. The highest BCUT2D eigenvalue weighted by atomic mass is 32.3. The molecule has 3 aromatic rings. The van der Waals surface area contributed by atoms with Crippen molar-refractivity contribution in [3.05, 3.63) is 91.0 Å². The third-order valence-corrected chi connectivity index (χ3v) is 13.1. The highest BCUT2D eigenvalue weighted by Crippen LogP contribution is 2.75. The van der Waals surface area contributed by atoms with Crippen molar-refractivity contribution < 1.29 is 92.0 Å². The fourth-order valence-electron chi connectivity index (χ4n) is 4.69. The van der Waals surface area contributed by atoms with E-state index in [1.165, 1.54) is 14.7 Å². The van der Waals surface area contributed by atoms with Gasteiger partial charge in [0.25, 0.3) is 0 Å². The Bertz CT molecular complexity index is 1680. The smallest absolute Gasteiger partial charge is 0.192 e. The Labute approximate surface area is 290 Å². The SMILES string of the molecule is CC(C)(C)S(c1ccccc1)(c1ccccc1)c1ccccc1.O=S(=O)(OF)C(F)(F)C(F)(F)C(F)(F)C(F)(F)C(F)(F)C(F)(F)C(F)(F)C(F)(F)F. The number of alkyl halides is 17. The van der Waals surface area contributed by atoms with Crippen molar-refractivity contribution in [1.29, 1.82) is 0 Å².